The van der Waals surface area contributed by atoms with Crippen LogP contribution in [0.15, 0.2) is 18.2 Å². The van der Waals surface area contributed by atoms with Crippen molar-refractivity contribution in [3.63, 3.8) is 0 Å². The number of carbonyl (C=O) groups is 1. The third kappa shape index (κ3) is 5.87. The van der Waals surface area contributed by atoms with Crippen molar-refractivity contribution in [1.82, 2.24) is 0 Å². The molecule has 0 saturated heterocycles. The number of ether oxygens (including phenoxy) is 1. The van der Waals surface area contributed by atoms with Crippen LogP contribution < -0.4 is 11.1 Å². The summed E-state index contributed by atoms with van der Waals surface area (Å²) in [6.07, 6.45) is 1.20. The first-order chi connectivity index (χ1) is 9.67. The number of anilines is 1. The molecule has 4 nitrogen and oxygen atoms in total. The van der Waals surface area contributed by atoms with E-state index in [1.54, 1.807) is 0 Å². The minimum Gasteiger partial charge on any atom is -0.382 e. The van der Waals surface area contributed by atoms with Crippen LogP contribution >= 0.6 is 0 Å². The van der Waals surface area contributed by atoms with E-state index in [1.165, 1.54) is 0 Å². The second-order valence-electron chi connectivity index (χ2n) is 4.38. The average Bonchev–Trinajstić information content (AvgIpc) is 2.44. The Balaban J connectivity index is 2.53. The topological polar surface area (TPSA) is 64.3 Å². The highest BCUT2D eigenvalue weighted by molar-refractivity contribution is 5.91. The maximum atomic E-state index is 11.8. The van der Waals surface area contributed by atoms with Gasteiger partial charge in [-0.1, -0.05) is 11.8 Å². The summed E-state index contributed by atoms with van der Waals surface area (Å²) in [6.45, 7) is 5.54. The molecule has 0 unspecified atom stereocenters. The summed E-state index contributed by atoms with van der Waals surface area (Å²) in [5.41, 5.74) is 8.06. The summed E-state index contributed by atoms with van der Waals surface area (Å²) in [5.74, 6) is 5.79. The van der Waals surface area contributed by atoms with Crippen molar-refractivity contribution < 1.29 is 9.53 Å². The molecular formula is C16H22N2O2. The molecule has 0 radical (unpaired) electrons. The highest BCUT2D eigenvalue weighted by Crippen LogP contribution is 2.16. The Morgan fingerprint density at radius 1 is 1.45 bits per heavy atom. The van der Waals surface area contributed by atoms with E-state index in [1.807, 2.05) is 32.0 Å². The zero-order valence-electron chi connectivity index (χ0n) is 12.2. The van der Waals surface area contributed by atoms with Crippen LogP contribution in [0, 0.1) is 18.8 Å². The molecule has 0 heterocycles. The molecule has 0 atom stereocenters. The molecule has 0 aromatic heterocycles. The highest BCUT2D eigenvalue weighted by atomic mass is 16.5. The molecule has 0 aliphatic heterocycles. The van der Waals surface area contributed by atoms with E-state index in [4.69, 9.17) is 10.5 Å². The number of hydrogen-bond acceptors (Lipinski definition) is 3. The van der Waals surface area contributed by atoms with Gasteiger partial charge in [0.05, 0.1) is 6.54 Å². The summed E-state index contributed by atoms with van der Waals surface area (Å²) >= 11 is 0. The van der Waals surface area contributed by atoms with Crippen LogP contribution in [0.3, 0.4) is 0 Å². The minimum atomic E-state index is 0.00796. The molecule has 0 fully saturated rings. The number of hydrogen-bond donors (Lipinski definition) is 2. The van der Waals surface area contributed by atoms with Crippen LogP contribution in [-0.2, 0) is 9.53 Å². The molecule has 1 amide bonds. The van der Waals surface area contributed by atoms with Crippen molar-refractivity contribution in [3.05, 3.63) is 29.3 Å². The highest BCUT2D eigenvalue weighted by Gasteiger charge is 2.05. The van der Waals surface area contributed by atoms with Gasteiger partial charge in [-0.05, 0) is 44.0 Å². The van der Waals surface area contributed by atoms with Crippen molar-refractivity contribution in [2.24, 2.45) is 5.73 Å². The van der Waals surface area contributed by atoms with Crippen molar-refractivity contribution in [1.29, 1.82) is 0 Å². The quantitative estimate of drug-likeness (QED) is 0.616. The van der Waals surface area contributed by atoms with Crippen LogP contribution in [0.5, 0.6) is 0 Å². The van der Waals surface area contributed by atoms with Gasteiger partial charge in [0.1, 0.15) is 0 Å². The number of carbonyl (C=O) groups excluding carboxylic acids is 1. The Labute approximate surface area is 120 Å². The van der Waals surface area contributed by atoms with Gasteiger partial charge in [0, 0.05) is 30.9 Å². The minimum absolute atomic E-state index is 0.00796. The molecule has 0 bridgehead atoms. The fourth-order valence-corrected chi connectivity index (χ4v) is 1.73. The molecule has 20 heavy (non-hydrogen) atoms. The van der Waals surface area contributed by atoms with E-state index in [0.717, 1.165) is 23.2 Å². The first-order valence-corrected chi connectivity index (χ1v) is 6.84. The van der Waals surface area contributed by atoms with Gasteiger partial charge in [0.2, 0.25) is 5.91 Å². The third-order valence-electron chi connectivity index (χ3n) is 2.73. The summed E-state index contributed by atoms with van der Waals surface area (Å²) < 4.78 is 5.21. The predicted octanol–water partition coefficient (Wildman–Crippen LogP) is 2.06. The lowest BCUT2D eigenvalue weighted by molar-refractivity contribution is -0.116. The maximum absolute atomic E-state index is 11.8. The molecule has 1 aromatic rings. The van der Waals surface area contributed by atoms with Crippen LogP contribution in [0.2, 0.25) is 0 Å². The fourth-order valence-electron chi connectivity index (χ4n) is 1.73. The van der Waals surface area contributed by atoms with Crippen LogP contribution in [0.25, 0.3) is 0 Å². The number of nitrogens with one attached hydrogen (secondary N) is 1. The van der Waals surface area contributed by atoms with Gasteiger partial charge in [-0.25, -0.2) is 0 Å². The number of aryl methyl sites for hydroxylation is 1. The summed E-state index contributed by atoms with van der Waals surface area (Å²) in [5, 5.41) is 2.90. The second kappa shape index (κ2) is 9.13. The van der Waals surface area contributed by atoms with Gasteiger partial charge < -0.3 is 15.8 Å². The van der Waals surface area contributed by atoms with Crippen molar-refractivity contribution in [2.75, 3.05) is 25.1 Å². The van der Waals surface area contributed by atoms with E-state index in [9.17, 15) is 4.79 Å². The Bertz CT molecular complexity index is 501. The lowest BCUT2D eigenvalue weighted by Gasteiger charge is -2.08. The number of nitrogens with two attached hydrogens (primary N) is 1. The number of rotatable bonds is 6. The Morgan fingerprint density at radius 3 is 2.90 bits per heavy atom. The van der Waals surface area contributed by atoms with E-state index in [2.05, 4.69) is 17.2 Å². The summed E-state index contributed by atoms with van der Waals surface area (Å²) in [7, 11) is 0. The molecule has 3 N–H and O–H groups in total. The third-order valence-corrected chi connectivity index (χ3v) is 2.73. The van der Waals surface area contributed by atoms with Crippen molar-refractivity contribution >= 4 is 11.6 Å². The molecular weight excluding hydrogens is 252 g/mol. The lowest BCUT2D eigenvalue weighted by atomic mass is 10.1. The zero-order valence-corrected chi connectivity index (χ0v) is 12.2. The van der Waals surface area contributed by atoms with Crippen LogP contribution in [0.1, 0.15) is 30.9 Å². The predicted molar refractivity (Wildman–Crippen MR) is 81.5 cm³/mol. The van der Waals surface area contributed by atoms with Crippen LogP contribution in [0.4, 0.5) is 5.69 Å². The van der Waals surface area contributed by atoms with Gasteiger partial charge in [0.15, 0.2) is 0 Å². The average molecular weight is 274 g/mol. The van der Waals surface area contributed by atoms with Gasteiger partial charge in [0.25, 0.3) is 0 Å². The van der Waals surface area contributed by atoms with E-state index in [-0.39, 0.29) is 5.91 Å². The molecule has 1 rings (SSSR count). The number of benzene rings is 1. The Kier molecular flexibility index (Phi) is 7.41. The Morgan fingerprint density at radius 2 is 2.25 bits per heavy atom. The van der Waals surface area contributed by atoms with E-state index < -0.39 is 0 Å². The molecule has 4 heteroatoms. The van der Waals surface area contributed by atoms with Crippen LogP contribution in [-0.4, -0.2) is 25.7 Å². The molecule has 0 spiro atoms. The zero-order chi connectivity index (χ0) is 14.8. The molecule has 0 aliphatic carbocycles. The molecule has 0 aliphatic rings. The fraction of sp³-hybridized carbons (Fsp3) is 0.438. The maximum Gasteiger partial charge on any atom is 0.224 e. The first-order valence-electron chi connectivity index (χ1n) is 6.84. The summed E-state index contributed by atoms with van der Waals surface area (Å²) in [4.78, 5) is 11.8. The smallest absolute Gasteiger partial charge is 0.224 e. The van der Waals surface area contributed by atoms with Gasteiger partial charge in [-0.15, -0.1) is 0 Å². The van der Waals surface area contributed by atoms with Crippen molar-refractivity contribution in [3.8, 4) is 11.8 Å². The van der Waals surface area contributed by atoms with Gasteiger partial charge in [-0.2, -0.15) is 0 Å². The van der Waals surface area contributed by atoms with Gasteiger partial charge >= 0.3 is 0 Å². The normalized spacial score (nSPS) is 9.75. The number of amides is 1. The standard InChI is InChI=1S/C16H22N2O2/c1-3-20-11-5-7-16(19)18-15-9-8-14(6-4-10-17)12-13(15)2/h8-9,12H,3,5,7,10-11,17H2,1-2H3,(H,18,19). The van der Waals surface area contributed by atoms with E-state index >= 15 is 0 Å². The largest absolute Gasteiger partial charge is 0.382 e. The monoisotopic (exact) mass is 274 g/mol. The molecule has 108 valence electrons. The lowest BCUT2D eigenvalue weighted by Crippen LogP contribution is -2.13. The van der Waals surface area contributed by atoms with Crippen molar-refractivity contribution in [2.45, 2.75) is 26.7 Å². The Hall–Kier alpha value is -1.83. The SMILES string of the molecule is CCOCCCC(=O)Nc1ccc(C#CCN)cc1C. The van der Waals surface area contributed by atoms with E-state index in [0.29, 0.717) is 26.2 Å². The second-order valence-corrected chi connectivity index (χ2v) is 4.38. The first kappa shape index (κ1) is 16.2. The molecule has 0 saturated carbocycles. The molecule has 1 aromatic carbocycles. The summed E-state index contributed by atoms with van der Waals surface area (Å²) in [6, 6.07) is 5.69. The van der Waals surface area contributed by atoms with Gasteiger partial charge in [-0.3, -0.25) is 4.79 Å².